The smallest absolute Gasteiger partial charge is 0.0572 e. The molecule has 0 saturated carbocycles. The van der Waals surface area contributed by atoms with E-state index in [1.165, 1.54) is 5.69 Å². The molecule has 0 fully saturated rings. The van der Waals surface area contributed by atoms with Crippen molar-refractivity contribution in [3.8, 4) is 0 Å². The molecule has 1 heterocycles. The number of rotatable bonds is 12. The molecule has 0 radical (unpaired) electrons. The predicted octanol–water partition coefficient (Wildman–Crippen LogP) is 3.13. The van der Waals surface area contributed by atoms with Crippen LogP contribution in [0.25, 0.3) is 0 Å². The fraction of sp³-hybridized carbons (Fsp3) is 0.737. The molecule has 132 valence electrons. The Morgan fingerprint density at radius 2 is 1.35 bits per heavy atom. The lowest BCUT2D eigenvalue weighted by molar-refractivity contribution is 0.149. The first-order chi connectivity index (χ1) is 11.2. The number of pyridine rings is 1. The van der Waals surface area contributed by atoms with Crippen molar-refractivity contribution in [1.29, 1.82) is 0 Å². The van der Waals surface area contributed by atoms with E-state index in [4.69, 9.17) is 0 Å². The number of aromatic nitrogens is 1. The second-order valence-corrected chi connectivity index (χ2v) is 6.02. The molecule has 1 unspecified atom stereocenters. The molecule has 1 atom stereocenters. The Kier molecular flexibility index (Phi) is 10.1. The van der Waals surface area contributed by atoms with E-state index in [1.54, 1.807) is 0 Å². The van der Waals surface area contributed by atoms with E-state index in [2.05, 4.69) is 66.4 Å². The molecule has 0 aliphatic rings. The Labute approximate surface area is 143 Å². The summed E-state index contributed by atoms with van der Waals surface area (Å²) in [5, 5.41) is 0. The maximum Gasteiger partial charge on any atom is 0.0572 e. The van der Waals surface area contributed by atoms with Crippen molar-refractivity contribution in [2.24, 2.45) is 0 Å². The topological polar surface area (TPSA) is 22.6 Å². The molecule has 1 aromatic rings. The molecule has 0 aromatic carbocycles. The molecule has 0 amide bonds. The second kappa shape index (κ2) is 11.5. The quantitative estimate of drug-likeness (QED) is 0.590. The Balaban J connectivity index is 2.70. The molecular formula is C19H36N4. The molecule has 0 saturated heterocycles. The van der Waals surface area contributed by atoms with Crippen molar-refractivity contribution >= 4 is 0 Å². The molecule has 23 heavy (non-hydrogen) atoms. The summed E-state index contributed by atoms with van der Waals surface area (Å²) in [6.07, 6.45) is 1.90. The van der Waals surface area contributed by atoms with Crippen LogP contribution >= 0.6 is 0 Å². The van der Waals surface area contributed by atoms with Crippen LogP contribution in [0.1, 0.15) is 46.4 Å². The Hall–Kier alpha value is -0.970. The van der Waals surface area contributed by atoms with Gasteiger partial charge in [0.1, 0.15) is 0 Å². The summed E-state index contributed by atoms with van der Waals surface area (Å²) in [5.74, 6) is 0. The fourth-order valence-electron chi connectivity index (χ4n) is 2.93. The minimum atomic E-state index is 0.363. The van der Waals surface area contributed by atoms with Gasteiger partial charge < -0.3 is 9.80 Å². The average Bonchev–Trinajstić information content (AvgIpc) is 2.61. The molecule has 1 aromatic heterocycles. The van der Waals surface area contributed by atoms with Gasteiger partial charge in [0, 0.05) is 38.4 Å². The maximum absolute atomic E-state index is 4.57. The number of nitrogens with zero attached hydrogens (tertiary/aromatic N) is 4. The van der Waals surface area contributed by atoms with Gasteiger partial charge in [-0.1, -0.05) is 33.8 Å². The highest BCUT2D eigenvalue weighted by molar-refractivity contribution is 5.08. The summed E-state index contributed by atoms with van der Waals surface area (Å²) in [4.78, 5) is 12.1. The zero-order valence-corrected chi connectivity index (χ0v) is 15.8. The van der Waals surface area contributed by atoms with Gasteiger partial charge in [0.15, 0.2) is 0 Å². The lowest BCUT2D eigenvalue weighted by Gasteiger charge is -2.32. The third-order valence-electron chi connectivity index (χ3n) is 4.86. The normalized spacial score (nSPS) is 13.2. The number of hydrogen-bond acceptors (Lipinski definition) is 4. The first-order valence-corrected chi connectivity index (χ1v) is 9.25. The SMILES string of the molecule is CCN(CC)CCN(CCN(CC)CC)C(C)c1ccccn1. The average molecular weight is 321 g/mol. The maximum atomic E-state index is 4.57. The third-order valence-corrected chi connectivity index (χ3v) is 4.86. The lowest BCUT2D eigenvalue weighted by Crippen LogP contribution is -2.41. The van der Waals surface area contributed by atoms with E-state index in [9.17, 15) is 0 Å². The van der Waals surface area contributed by atoms with Crippen LogP contribution in [0.4, 0.5) is 0 Å². The van der Waals surface area contributed by atoms with Gasteiger partial charge in [0.05, 0.1) is 5.69 Å². The first kappa shape index (κ1) is 20.1. The molecule has 4 heteroatoms. The van der Waals surface area contributed by atoms with Gasteiger partial charge in [-0.15, -0.1) is 0 Å². The third kappa shape index (κ3) is 6.98. The van der Waals surface area contributed by atoms with Crippen molar-refractivity contribution in [3.05, 3.63) is 30.1 Å². The van der Waals surface area contributed by atoms with Gasteiger partial charge >= 0.3 is 0 Å². The van der Waals surface area contributed by atoms with Crippen LogP contribution in [0, 0.1) is 0 Å². The van der Waals surface area contributed by atoms with Gasteiger partial charge in [0.2, 0.25) is 0 Å². The highest BCUT2D eigenvalue weighted by Gasteiger charge is 2.18. The van der Waals surface area contributed by atoms with Crippen molar-refractivity contribution in [3.63, 3.8) is 0 Å². The Morgan fingerprint density at radius 1 is 0.826 bits per heavy atom. The van der Waals surface area contributed by atoms with E-state index in [0.29, 0.717) is 6.04 Å². The zero-order valence-electron chi connectivity index (χ0n) is 15.8. The van der Waals surface area contributed by atoms with Crippen LogP contribution in [0.2, 0.25) is 0 Å². The minimum Gasteiger partial charge on any atom is -0.303 e. The number of likely N-dealkylation sites (N-methyl/N-ethyl adjacent to an activating group) is 2. The molecule has 4 nitrogen and oxygen atoms in total. The van der Waals surface area contributed by atoms with E-state index >= 15 is 0 Å². The van der Waals surface area contributed by atoms with E-state index < -0.39 is 0 Å². The summed E-state index contributed by atoms with van der Waals surface area (Å²) < 4.78 is 0. The highest BCUT2D eigenvalue weighted by atomic mass is 15.2. The van der Waals surface area contributed by atoms with E-state index in [1.807, 2.05) is 12.3 Å². The monoisotopic (exact) mass is 320 g/mol. The van der Waals surface area contributed by atoms with Crippen molar-refractivity contribution in [1.82, 2.24) is 19.7 Å². The highest BCUT2D eigenvalue weighted by Crippen LogP contribution is 2.17. The van der Waals surface area contributed by atoms with Crippen molar-refractivity contribution < 1.29 is 0 Å². The van der Waals surface area contributed by atoms with Gasteiger partial charge in [-0.25, -0.2) is 0 Å². The molecule has 0 aliphatic carbocycles. The zero-order chi connectivity index (χ0) is 17.1. The van der Waals surface area contributed by atoms with Gasteiger partial charge in [-0.3, -0.25) is 9.88 Å². The van der Waals surface area contributed by atoms with Gasteiger partial charge in [0.25, 0.3) is 0 Å². The molecular weight excluding hydrogens is 284 g/mol. The van der Waals surface area contributed by atoms with Crippen molar-refractivity contribution in [2.75, 3.05) is 52.4 Å². The Morgan fingerprint density at radius 3 is 1.74 bits per heavy atom. The van der Waals surface area contributed by atoms with Gasteiger partial charge in [-0.2, -0.15) is 0 Å². The summed E-state index contributed by atoms with van der Waals surface area (Å²) in [5.41, 5.74) is 1.17. The molecule has 0 N–H and O–H groups in total. The van der Waals surface area contributed by atoms with Crippen LogP contribution in [0.3, 0.4) is 0 Å². The fourth-order valence-corrected chi connectivity index (χ4v) is 2.93. The first-order valence-electron chi connectivity index (χ1n) is 9.25. The summed E-state index contributed by atoms with van der Waals surface area (Å²) >= 11 is 0. The standard InChI is InChI=1S/C19H36N4/c1-6-21(7-2)14-16-23(17-15-22(8-3)9-4)18(5)19-12-10-11-13-20-19/h10-13,18H,6-9,14-17H2,1-5H3. The largest absolute Gasteiger partial charge is 0.303 e. The van der Waals surface area contributed by atoms with Gasteiger partial charge in [-0.05, 0) is 45.2 Å². The molecule has 0 aliphatic heterocycles. The summed E-state index contributed by atoms with van der Waals surface area (Å²) in [6, 6.07) is 6.59. The minimum absolute atomic E-state index is 0.363. The van der Waals surface area contributed by atoms with Crippen LogP contribution in [0.5, 0.6) is 0 Å². The Bertz CT molecular complexity index is 372. The predicted molar refractivity (Wildman–Crippen MR) is 99.8 cm³/mol. The molecule has 1 rings (SSSR count). The van der Waals surface area contributed by atoms with E-state index in [0.717, 1.165) is 52.4 Å². The lowest BCUT2D eigenvalue weighted by atomic mass is 10.1. The number of hydrogen-bond donors (Lipinski definition) is 0. The van der Waals surface area contributed by atoms with Crippen molar-refractivity contribution in [2.45, 2.75) is 40.7 Å². The van der Waals surface area contributed by atoms with Crippen LogP contribution < -0.4 is 0 Å². The van der Waals surface area contributed by atoms with Crippen LogP contribution in [-0.2, 0) is 0 Å². The summed E-state index contributed by atoms with van der Waals surface area (Å²) in [6.45, 7) is 20.2. The summed E-state index contributed by atoms with van der Waals surface area (Å²) in [7, 11) is 0. The van der Waals surface area contributed by atoms with Crippen LogP contribution in [-0.4, -0.2) is 72.0 Å². The molecule has 0 bridgehead atoms. The van der Waals surface area contributed by atoms with E-state index in [-0.39, 0.29) is 0 Å². The second-order valence-electron chi connectivity index (χ2n) is 6.02. The molecule has 0 spiro atoms. The van der Waals surface area contributed by atoms with Crippen LogP contribution in [0.15, 0.2) is 24.4 Å².